The van der Waals surface area contributed by atoms with Crippen LogP contribution in [0.5, 0.6) is 11.5 Å². The molecule has 7 N–H and O–H groups in total. The number of aliphatic hydroxyl groups is 1. The maximum Gasteiger partial charge on any atom is 0.472 e. The molecule has 5 atom stereocenters. The van der Waals surface area contributed by atoms with Crippen molar-refractivity contribution in [1.29, 1.82) is 0 Å². The fourth-order valence-electron chi connectivity index (χ4n) is 12.4. The number of imidazole rings is 1. The molecular weight excluding hydrogens is 1160 g/mol. The van der Waals surface area contributed by atoms with Crippen LogP contribution < -0.4 is 41.2 Å². The molecule has 0 spiro atoms. The number of rotatable bonds is 21. The lowest BCUT2D eigenvalue weighted by molar-refractivity contribution is -0.121. The van der Waals surface area contributed by atoms with E-state index in [1.165, 1.54) is 10.9 Å². The van der Waals surface area contributed by atoms with Crippen molar-refractivity contribution in [2.45, 2.75) is 116 Å². The number of likely N-dealkylation sites (N-methyl/N-ethyl adjacent to an activating group) is 2. The number of carbonyl (C=O) groups excluding carboxylic acids is 2. The van der Waals surface area contributed by atoms with Gasteiger partial charge < -0.3 is 50.2 Å². The Morgan fingerprint density at radius 2 is 1.66 bits per heavy atom. The van der Waals surface area contributed by atoms with Gasteiger partial charge >= 0.3 is 7.82 Å². The van der Waals surface area contributed by atoms with Crippen LogP contribution in [0.1, 0.15) is 119 Å². The van der Waals surface area contributed by atoms with Crippen LogP contribution in [0.4, 0.5) is 17.5 Å². The maximum absolute atomic E-state index is 14.8. The molecule has 10 rings (SSSR count). The third-order valence-corrected chi connectivity index (χ3v) is 18.4. The zero-order valence-electron chi connectivity index (χ0n) is 48.3. The Labute approximate surface area is 492 Å². The number of carbonyl (C=O) groups is 2. The van der Waals surface area contributed by atoms with Crippen molar-refractivity contribution in [3.63, 3.8) is 0 Å². The summed E-state index contributed by atoms with van der Waals surface area (Å²) in [5, 5.41) is 18.6. The highest BCUT2D eigenvalue weighted by Crippen LogP contribution is 2.53. The molecule has 5 aliphatic rings. The van der Waals surface area contributed by atoms with E-state index in [0.717, 1.165) is 12.8 Å². The van der Waals surface area contributed by atoms with Gasteiger partial charge in [0, 0.05) is 92.7 Å². The lowest BCUT2D eigenvalue weighted by Gasteiger charge is -2.44. The summed E-state index contributed by atoms with van der Waals surface area (Å²) in [5.74, 6) is -0.761. The summed E-state index contributed by atoms with van der Waals surface area (Å²) < 4.78 is 112. The van der Waals surface area contributed by atoms with Crippen LogP contribution in [0.2, 0.25) is 0 Å². The topological polar surface area (TPSA) is 343 Å². The fraction of sp³-hybridized carbons (Fsp3) is 0.474. The van der Waals surface area contributed by atoms with Gasteiger partial charge in [0.25, 0.3) is 16.0 Å². The summed E-state index contributed by atoms with van der Waals surface area (Å²) >= 11 is 0. The largest absolute Gasteiger partial charge is 0.748 e. The Hall–Kier alpha value is -6.65. The molecule has 25 nitrogen and oxygen atoms in total. The molecule has 2 amide bonds. The van der Waals surface area contributed by atoms with Crippen LogP contribution in [0.25, 0.3) is 27.9 Å². The number of anilines is 3. The highest BCUT2D eigenvalue weighted by Gasteiger charge is 2.53. The zero-order chi connectivity index (χ0) is 61.1. The van der Waals surface area contributed by atoms with E-state index in [2.05, 4.69) is 35.1 Å². The number of hydrogen-bond donors (Lipinski definition) is 6. The third kappa shape index (κ3) is 12.6. The highest BCUT2D eigenvalue weighted by molar-refractivity contribution is 7.86. The normalized spacial score (nSPS) is 22.1. The van der Waals surface area contributed by atoms with Crippen molar-refractivity contribution in [3.05, 3.63) is 105 Å². The van der Waals surface area contributed by atoms with Gasteiger partial charge in [0.1, 0.15) is 48.4 Å². The van der Waals surface area contributed by atoms with E-state index in [1.54, 1.807) is 48.4 Å². The first-order valence-electron chi connectivity index (χ1n) is 28.2. The predicted octanol–water partition coefficient (Wildman–Crippen LogP) is 4.30. The number of phosphoric acid groups is 1. The van der Waals surface area contributed by atoms with Crippen LogP contribution in [0.15, 0.2) is 67.0 Å². The van der Waals surface area contributed by atoms with Crippen molar-refractivity contribution < 1.29 is 68.6 Å². The number of nitrogen functional groups attached to an aromatic ring is 1. The minimum Gasteiger partial charge on any atom is -0.748 e. The molecule has 7 heterocycles. The number of aromatic nitrogens is 4. The van der Waals surface area contributed by atoms with Gasteiger partial charge in [-0.25, -0.2) is 32.5 Å². The Morgan fingerprint density at radius 3 is 2.38 bits per heavy atom. The SMILES string of the molecule is CCN1c2cc3c(cc2C(CS(=O)(=O)[O-])=CC1(C)C)C(c1ccccc1C(=O)N(C)CCCC(=O)NCCCCCCNc1nc2c(N)ncnc2n1[C@@H]1O[C@@H]2COP(=O)(O)O[C@H]2[C@H]1O)=c1cc2c(cc1O3)=[N+](CC)C(C)(C)C=C2CS(=O)(=O)O. The average molecular weight is 1230 g/mol. The minimum atomic E-state index is -4.76. The Bertz CT molecular complexity index is 4000. The van der Waals surface area contributed by atoms with Gasteiger partial charge in [-0.3, -0.25) is 27.8 Å². The lowest BCUT2D eigenvalue weighted by atomic mass is 9.83. The molecule has 2 fully saturated rings. The van der Waals surface area contributed by atoms with E-state index < -0.39 is 75.2 Å². The fourth-order valence-corrected chi connectivity index (χ4v) is 14.6. The van der Waals surface area contributed by atoms with E-state index in [4.69, 9.17) is 24.3 Å². The van der Waals surface area contributed by atoms with Gasteiger partial charge in [0.2, 0.25) is 17.2 Å². The number of hydrogen-bond acceptors (Lipinski definition) is 19. The summed E-state index contributed by atoms with van der Waals surface area (Å²) in [4.78, 5) is 54.4. The Balaban J connectivity index is 0.830. The number of aliphatic hydroxyl groups excluding tert-OH is 1. The summed E-state index contributed by atoms with van der Waals surface area (Å²) in [5.41, 5.74) is 9.43. The molecule has 3 aromatic carbocycles. The van der Waals surface area contributed by atoms with Gasteiger partial charge in [0.15, 0.2) is 28.7 Å². The molecular formula is C57H71N10O15PS2. The van der Waals surface area contributed by atoms with Crippen LogP contribution in [-0.2, 0) is 43.4 Å². The second-order valence-electron chi connectivity index (χ2n) is 23.0. The van der Waals surface area contributed by atoms with E-state index in [9.17, 15) is 50.1 Å². The molecule has 28 heteroatoms. The summed E-state index contributed by atoms with van der Waals surface area (Å²) in [6, 6.07) is 14.3. The van der Waals surface area contributed by atoms with Gasteiger partial charge in [-0.15, -0.1) is 0 Å². The number of phosphoric ester groups is 1. The predicted molar refractivity (Wildman–Crippen MR) is 317 cm³/mol. The zero-order valence-corrected chi connectivity index (χ0v) is 50.8. The smallest absolute Gasteiger partial charge is 0.472 e. The van der Waals surface area contributed by atoms with Gasteiger partial charge in [0.05, 0.1) is 39.6 Å². The lowest BCUT2D eigenvalue weighted by Crippen LogP contribution is -2.50. The third-order valence-electron chi connectivity index (χ3n) is 16.1. The monoisotopic (exact) mass is 1230 g/mol. The minimum absolute atomic E-state index is 0.109. The number of nitrogens with zero attached hydrogens (tertiary/aromatic N) is 7. The van der Waals surface area contributed by atoms with E-state index >= 15 is 0 Å². The average Bonchev–Trinajstić information content (AvgIpc) is 2.44. The van der Waals surface area contributed by atoms with E-state index in [-0.39, 0.29) is 54.3 Å². The van der Waals surface area contributed by atoms with Crippen molar-refractivity contribution in [3.8, 4) is 11.5 Å². The molecule has 5 aliphatic heterocycles. The van der Waals surface area contributed by atoms with Crippen molar-refractivity contribution in [2.75, 3.05) is 73.8 Å². The first-order chi connectivity index (χ1) is 40.1. The molecule has 0 aliphatic carbocycles. The van der Waals surface area contributed by atoms with E-state index in [1.807, 2.05) is 65.8 Å². The molecule has 85 heavy (non-hydrogen) atoms. The summed E-state index contributed by atoms with van der Waals surface area (Å²) in [6.07, 6.45) is 3.91. The molecule has 0 bridgehead atoms. The summed E-state index contributed by atoms with van der Waals surface area (Å²) in [6.45, 7) is 13.6. The molecule has 1 unspecified atom stereocenters. The standard InChI is InChI=1S/C57H71N10O15PS2/c1-8-65-41-25-43-39(23-37(41)33(27-56(65,3)4)30-84(73,74)75)47(40-24-38-34(31-85(76,77)78)28-57(5,6)66(9-2)42(38)26-44(40)80-43)35-17-12-13-18-36(35)53(70)64(7)22-16-19-46(68)59-20-14-10-11-15-21-60-55-63-48-51(58)61-32-62-52(48)67(55)54-49(69)50-45(81-54)29-79-83(71,72)82-50/h12-13,17-18,23-28,32,45,49-50,54,58,69H,8-11,14-16,19-22,29-31H2,1-7H3,(H5,59,68,70,71,72,73,74,75,76,77,78)/t45-,49-,50-,54-/m1/s1. The number of nitrogens with two attached hydrogens (primary N) is 1. The van der Waals surface area contributed by atoms with Gasteiger partial charge in [-0.05, 0) is 87.9 Å². The van der Waals surface area contributed by atoms with E-state index in [0.29, 0.717) is 118 Å². The molecule has 2 saturated heterocycles. The quantitative estimate of drug-likeness (QED) is 0.0253. The number of amides is 2. The first kappa shape index (κ1) is 61.4. The van der Waals surface area contributed by atoms with Gasteiger partial charge in [-0.1, -0.05) is 37.1 Å². The first-order valence-corrected chi connectivity index (χ1v) is 32.9. The second kappa shape index (κ2) is 23.6. The van der Waals surface area contributed by atoms with Crippen LogP contribution >= 0.6 is 7.82 Å². The molecule has 2 aromatic heterocycles. The highest BCUT2D eigenvalue weighted by atomic mass is 32.2. The Morgan fingerprint density at radius 1 is 0.929 bits per heavy atom. The van der Waals surface area contributed by atoms with Crippen molar-refractivity contribution >= 4 is 85.2 Å². The van der Waals surface area contributed by atoms with Crippen molar-refractivity contribution in [1.82, 2.24) is 34.3 Å². The number of fused-ring (bicyclic) bond motifs is 6. The van der Waals surface area contributed by atoms with Gasteiger partial charge in [-0.2, -0.15) is 8.42 Å². The maximum atomic E-state index is 14.8. The number of unbranched alkanes of at least 4 members (excludes halogenated alkanes) is 3. The molecule has 0 saturated carbocycles. The summed E-state index contributed by atoms with van der Waals surface area (Å²) in [7, 11) is -12.0. The molecule has 5 aromatic rings. The van der Waals surface area contributed by atoms with Crippen LogP contribution in [0.3, 0.4) is 0 Å². The number of nitrogens with one attached hydrogen (secondary N) is 2. The number of ether oxygens (including phenoxy) is 2. The van der Waals surface area contributed by atoms with Crippen molar-refractivity contribution in [2.24, 2.45) is 0 Å². The second-order valence-corrected chi connectivity index (χ2v) is 27.2. The van der Waals surface area contributed by atoms with Crippen LogP contribution in [-0.4, -0.2) is 159 Å². The number of benzene rings is 3. The molecule has 456 valence electrons. The molecule has 0 radical (unpaired) electrons. The Kier molecular flexibility index (Phi) is 17.0. The van der Waals surface area contributed by atoms with Crippen LogP contribution in [0, 0.1) is 0 Å².